The third kappa shape index (κ3) is 4.94. The molecule has 0 amide bonds. The molecule has 12 heavy (non-hydrogen) atoms. The van der Waals surface area contributed by atoms with E-state index in [2.05, 4.69) is 13.8 Å². The molecule has 0 radical (unpaired) electrons. The SMILES string of the molecule is CCCC(C)=CC[C@H](C)C(=O)O. The van der Waals surface area contributed by atoms with Gasteiger partial charge >= 0.3 is 5.97 Å². The van der Waals surface area contributed by atoms with Crippen LogP contribution in [0.15, 0.2) is 11.6 Å². The van der Waals surface area contributed by atoms with Gasteiger partial charge < -0.3 is 5.11 Å². The van der Waals surface area contributed by atoms with Crippen molar-refractivity contribution in [2.45, 2.75) is 40.0 Å². The van der Waals surface area contributed by atoms with Gasteiger partial charge in [-0.3, -0.25) is 4.79 Å². The number of carboxylic acid groups (broad SMARTS) is 1. The Bertz CT molecular complexity index is 171. The molecule has 0 aliphatic rings. The number of carboxylic acids is 1. The van der Waals surface area contributed by atoms with E-state index in [1.54, 1.807) is 6.92 Å². The largest absolute Gasteiger partial charge is 0.481 e. The van der Waals surface area contributed by atoms with Crippen molar-refractivity contribution in [2.24, 2.45) is 5.92 Å². The predicted octanol–water partition coefficient (Wildman–Crippen LogP) is 2.84. The number of rotatable bonds is 5. The second kappa shape index (κ2) is 5.81. The minimum Gasteiger partial charge on any atom is -0.481 e. The average molecular weight is 170 g/mol. The van der Waals surface area contributed by atoms with Crippen LogP contribution in [-0.4, -0.2) is 11.1 Å². The molecule has 0 aromatic rings. The van der Waals surface area contributed by atoms with Gasteiger partial charge in [-0.15, -0.1) is 0 Å². The molecule has 0 saturated heterocycles. The van der Waals surface area contributed by atoms with Crippen molar-refractivity contribution in [3.8, 4) is 0 Å². The topological polar surface area (TPSA) is 37.3 Å². The van der Waals surface area contributed by atoms with Gasteiger partial charge in [-0.25, -0.2) is 0 Å². The summed E-state index contributed by atoms with van der Waals surface area (Å²) in [5.74, 6) is -0.965. The van der Waals surface area contributed by atoms with Gasteiger partial charge in [0.1, 0.15) is 0 Å². The van der Waals surface area contributed by atoms with Gasteiger partial charge in [-0.1, -0.05) is 31.9 Å². The second-order valence-electron chi connectivity index (χ2n) is 3.28. The summed E-state index contributed by atoms with van der Waals surface area (Å²) < 4.78 is 0. The summed E-state index contributed by atoms with van der Waals surface area (Å²) in [6.07, 6.45) is 4.89. The molecule has 1 atom stereocenters. The van der Waals surface area contributed by atoms with E-state index in [9.17, 15) is 4.79 Å². The van der Waals surface area contributed by atoms with Gasteiger partial charge in [-0.05, 0) is 19.8 Å². The van der Waals surface area contributed by atoms with E-state index < -0.39 is 5.97 Å². The fourth-order valence-corrected chi connectivity index (χ4v) is 0.975. The lowest BCUT2D eigenvalue weighted by atomic mass is 10.0. The van der Waals surface area contributed by atoms with Crippen LogP contribution in [0.1, 0.15) is 40.0 Å². The molecule has 1 N–H and O–H groups in total. The fourth-order valence-electron chi connectivity index (χ4n) is 0.975. The van der Waals surface area contributed by atoms with Gasteiger partial charge in [0.15, 0.2) is 0 Å². The van der Waals surface area contributed by atoms with E-state index in [1.165, 1.54) is 5.57 Å². The maximum atomic E-state index is 10.4. The summed E-state index contributed by atoms with van der Waals surface area (Å²) in [5.41, 5.74) is 1.30. The maximum Gasteiger partial charge on any atom is 0.306 e. The molecule has 0 aromatic carbocycles. The minimum atomic E-state index is -0.712. The van der Waals surface area contributed by atoms with Crippen molar-refractivity contribution in [3.05, 3.63) is 11.6 Å². The molecule has 0 rings (SSSR count). The summed E-state index contributed by atoms with van der Waals surface area (Å²) in [7, 11) is 0. The molecule has 0 spiro atoms. The molecule has 0 saturated carbocycles. The number of hydrogen-bond donors (Lipinski definition) is 1. The molecule has 70 valence electrons. The third-order valence-electron chi connectivity index (χ3n) is 1.89. The van der Waals surface area contributed by atoms with Gasteiger partial charge in [0.05, 0.1) is 5.92 Å². The standard InChI is InChI=1S/C10H18O2/c1-4-5-8(2)6-7-9(3)10(11)12/h6,9H,4-5,7H2,1-3H3,(H,11,12)/t9-/m0/s1. The lowest BCUT2D eigenvalue weighted by Gasteiger charge is -2.02. The number of hydrogen-bond acceptors (Lipinski definition) is 1. The van der Waals surface area contributed by atoms with Crippen molar-refractivity contribution in [1.82, 2.24) is 0 Å². The van der Waals surface area contributed by atoms with Crippen LogP contribution in [0.3, 0.4) is 0 Å². The fraction of sp³-hybridized carbons (Fsp3) is 0.700. The first-order chi connectivity index (χ1) is 5.57. The molecule has 0 fully saturated rings. The Balaban J connectivity index is 3.78. The van der Waals surface area contributed by atoms with E-state index in [1.807, 2.05) is 6.08 Å². The van der Waals surface area contributed by atoms with Crippen molar-refractivity contribution in [3.63, 3.8) is 0 Å². The predicted molar refractivity (Wildman–Crippen MR) is 50.1 cm³/mol. The van der Waals surface area contributed by atoms with E-state index >= 15 is 0 Å². The quantitative estimate of drug-likeness (QED) is 0.644. The number of aliphatic carboxylic acids is 1. The van der Waals surface area contributed by atoms with E-state index in [0.29, 0.717) is 6.42 Å². The molecule has 0 heterocycles. The molecule has 0 aliphatic carbocycles. The minimum absolute atomic E-state index is 0.253. The van der Waals surface area contributed by atoms with Crippen molar-refractivity contribution < 1.29 is 9.90 Å². The highest BCUT2D eigenvalue weighted by Gasteiger charge is 2.07. The number of allylic oxidation sites excluding steroid dienone is 2. The van der Waals surface area contributed by atoms with Crippen molar-refractivity contribution in [1.29, 1.82) is 0 Å². The molecule has 0 aromatic heterocycles. The van der Waals surface area contributed by atoms with Gasteiger partial charge in [-0.2, -0.15) is 0 Å². The average Bonchev–Trinajstić information content (AvgIpc) is 2.00. The zero-order chi connectivity index (χ0) is 9.56. The molecule has 0 aliphatic heterocycles. The molecule has 0 unspecified atom stereocenters. The van der Waals surface area contributed by atoms with Crippen LogP contribution in [0.2, 0.25) is 0 Å². The Morgan fingerprint density at radius 1 is 1.58 bits per heavy atom. The smallest absolute Gasteiger partial charge is 0.306 e. The normalized spacial score (nSPS) is 14.4. The highest BCUT2D eigenvalue weighted by molar-refractivity contribution is 5.69. The molecule has 2 heteroatoms. The van der Waals surface area contributed by atoms with Crippen LogP contribution in [-0.2, 0) is 4.79 Å². The summed E-state index contributed by atoms with van der Waals surface area (Å²) in [6.45, 7) is 5.91. The lowest BCUT2D eigenvalue weighted by molar-refractivity contribution is -0.140. The van der Waals surface area contributed by atoms with Crippen LogP contribution in [0.4, 0.5) is 0 Å². The van der Waals surface area contributed by atoms with E-state index in [-0.39, 0.29) is 5.92 Å². The van der Waals surface area contributed by atoms with Gasteiger partial charge in [0.25, 0.3) is 0 Å². The van der Waals surface area contributed by atoms with Crippen LogP contribution < -0.4 is 0 Å². The second-order valence-corrected chi connectivity index (χ2v) is 3.28. The molecule has 2 nitrogen and oxygen atoms in total. The van der Waals surface area contributed by atoms with Crippen LogP contribution in [0.25, 0.3) is 0 Å². The van der Waals surface area contributed by atoms with Crippen LogP contribution >= 0.6 is 0 Å². The zero-order valence-electron chi connectivity index (χ0n) is 8.13. The summed E-state index contributed by atoms with van der Waals surface area (Å²) in [4.78, 5) is 10.4. The lowest BCUT2D eigenvalue weighted by Crippen LogP contribution is -2.07. The highest BCUT2D eigenvalue weighted by atomic mass is 16.4. The molecular weight excluding hydrogens is 152 g/mol. The Kier molecular flexibility index (Phi) is 5.43. The Morgan fingerprint density at radius 3 is 2.58 bits per heavy atom. The van der Waals surface area contributed by atoms with Gasteiger partial charge in [0, 0.05) is 0 Å². The Labute approximate surface area is 74.3 Å². The van der Waals surface area contributed by atoms with Crippen LogP contribution in [0.5, 0.6) is 0 Å². The summed E-state index contributed by atoms with van der Waals surface area (Å²) >= 11 is 0. The van der Waals surface area contributed by atoms with Crippen LogP contribution in [0, 0.1) is 5.92 Å². The Morgan fingerprint density at radius 2 is 2.17 bits per heavy atom. The van der Waals surface area contributed by atoms with Crippen molar-refractivity contribution >= 4 is 5.97 Å². The maximum absolute atomic E-state index is 10.4. The summed E-state index contributed by atoms with van der Waals surface area (Å²) in [6, 6.07) is 0. The van der Waals surface area contributed by atoms with E-state index in [0.717, 1.165) is 12.8 Å². The summed E-state index contributed by atoms with van der Waals surface area (Å²) in [5, 5.41) is 8.60. The zero-order valence-corrected chi connectivity index (χ0v) is 8.13. The molecule has 0 bridgehead atoms. The van der Waals surface area contributed by atoms with Gasteiger partial charge in [0.2, 0.25) is 0 Å². The first kappa shape index (κ1) is 11.2. The van der Waals surface area contributed by atoms with E-state index in [4.69, 9.17) is 5.11 Å². The highest BCUT2D eigenvalue weighted by Crippen LogP contribution is 2.09. The molecular formula is C10H18O2. The monoisotopic (exact) mass is 170 g/mol. The Hall–Kier alpha value is -0.790. The first-order valence-corrected chi connectivity index (χ1v) is 4.46. The number of carbonyl (C=O) groups is 1. The third-order valence-corrected chi connectivity index (χ3v) is 1.89. The van der Waals surface area contributed by atoms with Crippen molar-refractivity contribution in [2.75, 3.05) is 0 Å². The first-order valence-electron chi connectivity index (χ1n) is 4.46.